The van der Waals surface area contributed by atoms with Crippen molar-refractivity contribution in [2.75, 3.05) is 32.0 Å². The van der Waals surface area contributed by atoms with Gasteiger partial charge < -0.3 is 15.5 Å². The number of hydrogen-bond donors (Lipinski definition) is 2. The van der Waals surface area contributed by atoms with Gasteiger partial charge in [0.2, 0.25) is 0 Å². The Bertz CT molecular complexity index is 407. The minimum Gasteiger partial charge on any atom is -0.373 e. The summed E-state index contributed by atoms with van der Waals surface area (Å²) in [4.78, 5) is 18.3. The fraction of sp³-hybridized carbons (Fsp3) is 0.500. The molecule has 1 aromatic heterocycles. The first kappa shape index (κ1) is 11.9. The highest BCUT2D eigenvalue weighted by molar-refractivity contribution is 5.92. The van der Waals surface area contributed by atoms with Gasteiger partial charge in [-0.25, -0.2) is 4.98 Å². The normalized spacial score (nSPS) is 20.1. The number of pyridine rings is 1. The van der Waals surface area contributed by atoms with Crippen molar-refractivity contribution in [2.24, 2.45) is 0 Å². The molecule has 2 N–H and O–H groups in total. The molecule has 1 atom stereocenters. The maximum absolute atomic E-state index is 12.2. The average Bonchev–Trinajstić information content (AvgIpc) is 2.38. The van der Waals surface area contributed by atoms with E-state index in [0.717, 1.165) is 25.5 Å². The third kappa shape index (κ3) is 2.74. The van der Waals surface area contributed by atoms with Crippen LogP contribution in [-0.4, -0.2) is 48.5 Å². The molecule has 1 fully saturated rings. The van der Waals surface area contributed by atoms with E-state index >= 15 is 0 Å². The number of piperazine rings is 1. The van der Waals surface area contributed by atoms with Crippen LogP contribution in [0.4, 0.5) is 5.82 Å². The van der Waals surface area contributed by atoms with Gasteiger partial charge in [0.15, 0.2) is 0 Å². The molecule has 1 amide bonds. The fourth-order valence-electron chi connectivity index (χ4n) is 1.97. The number of nitrogens with one attached hydrogen (secondary N) is 2. The van der Waals surface area contributed by atoms with Crippen LogP contribution in [0.3, 0.4) is 0 Å². The molecular formula is C12H18N4O. The van der Waals surface area contributed by atoms with E-state index in [-0.39, 0.29) is 5.91 Å². The smallest absolute Gasteiger partial charge is 0.272 e. The summed E-state index contributed by atoms with van der Waals surface area (Å²) in [5.41, 5.74) is 0.506. The molecule has 92 valence electrons. The first-order chi connectivity index (χ1) is 8.20. The van der Waals surface area contributed by atoms with Crippen LogP contribution in [-0.2, 0) is 0 Å². The molecule has 0 aliphatic carbocycles. The van der Waals surface area contributed by atoms with Gasteiger partial charge in [0.25, 0.3) is 5.91 Å². The number of hydrogen-bond acceptors (Lipinski definition) is 4. The number of carbonyl (C=O) groups excluding carboxylic acids is 1. The molecule has 1 aromatic rings. The van der Waals surface area contributed by atoms with E-state index < -0.39 is 0 Å². The number of aromatic nitrogens is 1. The zero-order valence-corrected chi connectivity index (χ0v) is 10.2. The lowest BCUT2D eigenvalue weighted by Crippen LogP contribution is -2.51. The van der Waals surface area contributed by atoms with Crippen LogP contribution in [0.1, 0.15) is 17.4 Å². The summed E-state index contributed by atoms with van der Waals surface area (Å²) < 4.78 is 0. The standard InChI is InChI=1S/C12H18N4O/c1-9-8-16(7-6-14-9)12(17)10-4-3-5-11(13-2)15-10/h3-5,9,14H,6-8H2,1-2H3,(H,13,15)/t9-/m1/s1. The Morgan fingerprint density at radius 3 is 3.12 bits per heavy atom. The van der Waals surface area contributed by atoms with E-state index in [1.54, 1.807) is 13.1 Å². The maximum atomic E-state index is 12.2. The van der Waals surface area contributed by atoms with E-state index in [2.05, 4.69) is 22.5 Å². The lowest BCUT2D eigenvalue weighted by atomic mass is 10.2. The Hall–Kier alpha value is -1.62. The number of carbonyl (C=O) groups is 1. The molecule has 5 heteroatoms. The molecule has 17 heavy (non-hydrogen) atoms. The molecule has 0 unspecified atom stereocenters. The summed E-state index contributed by atoms with van der Waals surface area (Å²) in [5, 5.41) is 6.25. The van der Waals surface area contributed by atoms with Crippen molar-refractivity contribution in [3.05, 3.63) is 23.9 Å². The van der Waals surface area contributed by atoms with Crippen molar-refractivity contribution < 1.29 is 4.79 Å². The highest BCUT2D eigenvalue weighted by Gasteiger charge is 2.22. The number of nitrogens with zero attached hydrogens (tertiary/aromatic N) is 2. The Morgan fingerprint density at radius 1 is 1.59 bits per heavy atom. The number of amides is 1. The van der Waals surface area contributed by atoms with Crippen molar-refractivity contribution in [2.45, 2.75) is 13.0 Å². The van der Waals surface area contributed by atoms with Crippen molar-refractivity contribution in [3.63, 3.8) is 0 Å². The molecular weight excluding hydrogens is 216 g/mol. The first-order valence-electron chi connectivity index (χ1n) is 5.88. The van der Waals surface area contributed by atoms with E-state index in [0.29, 0.717) is 11.7 Å². The summed E-state index contributed by atoms with van der Waals surface area (Å²) in [6.45, 7) is 4.41. The highest BCUT2D eigenvalue weighted by atomic mass is 16.2. The largest absolute Gasteiger partial charge is 0.373 e. The molecule has 0 saturated carbocycles. The summed E-state index contributed by atoms with van der Waals surface area (Å²) in [5.74, 6) is 0.731. The van der Waals surface area contributed by atoms with Crippen molar-refractivity contribution in [1.82, 2.24) is 15.2 Å². The Balaban J connectivity index is 2.12. The third-order valence-electron chi connectivity index (χ3n) is 2.88. The summed E-state index contributed by atoms with van der Waals surface area (Å²) in [6.07, 6.45) is 0. The Morgan fingerprint density at radius 2 is 2.41 bits per heavy atom. The third-order valence-corrected chi connectivity index (χ3v) is 2.88. The molecule has 0 spiro atoms. The monoisotopic (exact) mass is 234 g/mol. The SMILES string of the molecule is CNc1cccc(C(=O)N2CCN[C@H](C)C2)n1. The Labute approximate surface area is 101 Å². The zero-order chi connectivity index (χ0) is 12.3. The van der Waals surface area contributed by atoms with Crippen molar-refractivity contribution >= 4 is 11.7 Å². The lowest BCUT2D eigenvalue weighted by Gasteiger charge is -2.31. The predicted octanol–water partition coefficient (Wildman–Crippen LogP) is 0.557. The second-order valence-electron chi connectivity index (χ2n) is 4.26. The van der Waals surface area contributed by atoms with Crippen LogP contribution in [0.25, 0.3) is 0 Å². The molecule has 1 aliphatic rings. The molecule has 0 aromatic carbocycles. The molecule has 2 heterocycles. The van der Waals surface area contributed by atoms with Gasteiger partial charge in [0.1, 0.15) is 11.5 Å². The summed E-state index contributed by atoms with van der Waals surface area (Å²) in [7, 11) is 1.80. The van der Waals surface area contributed by atoms with Crippen LogP contribution in [0.5, 0.6) is 0 Å². The second kappa shape index (κ2) is 5.14. The minimum absolute atomic E-state index is 0.00968. The van der Waals surface area contributed by atoms with Gasteiger partial charge in [-0.2, -0.15) is 0 Å². The van der Waals surface area contributed by atoms with Crippen LogP contribution < -0.4 is 10.6 Å². The molecule has 0 bridgehead atoms. The van der Waals surface area contributed by atoms with Gasteiger partial charge in [0.05, 0.1) is 0 Å². The Kier molecular flexibility index (Phi) is 3.58. The summed E-state index contributed by atoms with van der Waals surface area (Å²) >= 11 is 0. The van der Waals surface area contributed by atoms with E-state index in [4.69, 9.17) is 0 Å². The van der Waals surface area contributed by atoms with Gasteiger partial charge in [-0.05, 0) is 19.1 Å². The van der Waals surface area contributed by atoms with E-state index in [1.165, 1.54) is 0 Å². The quantitative estimate of drug-likeness (QED) is 0.785. The predicted molar refractivity (Wildman–Crippen MR) is 67.2 cm³/mol. The fourth-order valence-corrected chi connectivity index (χ4v) is 1.97. The van der Waals surface area contributed by atoms with E-state index in [9.17, 15) is 4.79 Å². The summed E-state index contributed by atoms with van der Waals surface area (Å²) in [6, 6.07) is 5.80. The van der Waals surface area contributed by atoms with Gasteiger partial charge >= 0.3 is 0 Å². The van der Waals surface area contributed by atoms with Crippen LogP contribution in [0.2, 0.25) is 0 Å². The average molecular weight is 234 g/mol. The lowest BCUT2D eigenvalue weighted by molar-refractivity contribution is 0.0703. The van der Waals surface area contributed by atoms with Gasteiger partial charge in [0, 0.05) is 32.7 Å². The molecule has 2 rings (SSSR count). The van der Waals surface area contributed by atoms with Crippen LogP contribution in [0, 0.1) is 0 Å². The van der Waals surface area contributed by atoms with Crippen LogP contribution >= 0.6 is 0 Å². The molecule has 0 radical (unpaired) electrons. The zero-order valence-electron chi connectivity index (χ0n) is 10.2. The first-order valence-corrected chi connectivity index (χ1v) is 5.88. The van der Waals surface area contributed by atoms with Gasteiger partial charge in [-0.3, -0.25) is 4.79 Å². The topological polar surface area (TPSA) is 57.3 Å². The van der Waals surface area contributed by atoms with E-state index in [1.807, 2.05) is 17.0 Å². The second-order valence-corrected chi connectivity index (χ2v) is 4.26. The maximum Gasteiger partial charge on any atom is 0.272 e. The highest BCUT2D eigenvalue weighted by Crippen LogP contribution is 2.09. The molecule has 5 nitrogen and oxygen atoms in total. The van der Waals surface area contributed by atoms with Crippen LogP contribution in [0.15, 0.2) is 18.2 Å². The van der Waals surface area contributed by atoms with Crippen molar-refractivity contribution in [1.29, 1.82) is 0 Å². The van der Waals surface area contributed by atoms with Gasteiger partial charge in [-0.15, -0.1) is 0 Å². The van der Waals surface area contributed by atoms with Gasteiger partial charge in [-0.1, -0.05) is 6.07 Å². The van der Waals surface area contributed by atoms with Crippen molar-refractivity contribution in [3.8, 4) is 0 Å². The minimum atomic E-state index is 0.00968. The number of rotatable bonds is 2. The number of anilines is 1. The molecule has 1 aliphatic heterocycles. The molecule has 1 saturated heterocycles.